The van der Waals surface area contributed by atoms with Gasteiger partial charge in [-0.3, -0.25) is 4.90 Å². The summed E-state index contributed by atoms with van der Waals surface area (Å²) in [4.78, 5) is 6.27. The summed E-state index contributed by atoms with van der Waals surface area (Å²) < 4.78 is 5.66. The van der Waals surface area contributed by atoms with Crippen LogP contribution in [0.4, 0.5) is 0 Å². The minimum atomic E-state index is 0.191. The Morgan fingerprint density at radius 1 is 0.750 bits per heavy atom. The lowest BCUT2D eigenvalue weighted by Gasteiger charge is -2.35. The zero-order valence-electron chi connectivity index (χ0n) is 15.8. The van der Waals surface area contributed by atoms with E-state index in [9.17, 15) is 0 Å². The summed E-state index contributed by atoms with van der Waals surface area (Å²) in [5.41, 5.74) is 6.30. The SMILES string of the molecule is c1ccc(-c2[nH]c3ccccc3c2C(c2ccccc2)N2CCOCC2)cc1. The van der Waals surface area contributed by atoms with Gasteiger partial charge in [0.25, 0.3) is 0 Å². The highest BCUT2D eigenvalue weighted by molar-refractivity contribution is 5.91. The Bertz CT molecular complexity index is 1050. The molecule has 1 N–H and O–H groups in total. The molecule has 0 saturated carbocycles. The first-order valence-electron chi connectivity index (χ1n) is 9.94. The molecule has 140 valence electrons. The van der Waals surface area contributed by atoms with Crippen LogP contribution in [0.25, 0.3) is 22.2 Å². The standard InChI is InChI=1S/C25H24N2O/c1-3-9-19(10-4-1)24-23(21-13-7-8-14-22(21)26-24)25(20-11-5-2-6-12-20)27-15-17-28-18-16-27/h1-14,25-26H,15-18H2. The highest BCUT2D eigenvalue weighted by Gasteiger charge is 2.29. The second kappa shape index (κ2) is 7.63. The highest BCUT2D eigenvalue weighted by atomic mass is 16.5. The summed E-state index contributed by atoms with van der Waals surface area (Å²) in [5.74, 6) is 0. The first-order valence-corrected chi connectivity index (χ1v) is 9.94. The Labute approximate surface area is 165 Å². The van der Waals surface area contributed by atoms with Crippen LogP contribution < -0.4 is 0 Å². The van der Waals surface area contributed by atoms with Crippen LogP contribution >= 0.6 is 0 Å². The monoisotopic (exact) mass is 368 g/mol. The number of para-hydroxylation sites is 1. The summed E-state index contributed by atoms with van der Waals surface area (Å²) in [6.07, 6.45) is 0. The van der Waals surface area contributed by atoms with Gasteiger partial charge < -0.3 is 9.72 Å². The Balaban J connectivity index is 1.76. The lowest BCUT2D eigenvalue weighted by molar-refractivity contribution is 0.0243. The first-order chi connectivity index (χ1) is 13.9. The minimum Gasteiger partial charge on any atom is -0.379 e. The summed E-state index contributed by atoms with van der Waals surface area (Å²) in [7, 11) is 0. The van der Waals surface area contributed by atoms with Gasteiger partial charge in [0.05, 0.1) is 24.9 Å². The fraction of sp³-hybridized carbons (Fsp3) is 0.200. The number of aromatic nitrogens is 1. The number of aromatic amines is 1. The third-order valence-electron chi connectivity index (χ3n) is 5.61. The predicted molar refractivity (Wildman–Crippen MR) is 114 cm³/mol. The summed E-state index contributed by atoms with van der Waals surface area (Å²) >= 11 is 0. The van der Waals surface area contributed by atoms with Crippen molar-refractivity contribution in [1.29, 1.82) is 0 Å². The molecular formula is C25H24N2O. The lowest BCUT2D eigenvalue weighted by Crippen LogP contribution is -2.39. The fourth-order valence-electron chi connectivity index (χ4n) is 4.31. The molecule has 28 heavy (non-hydrogen) atoms. The van der Waals surface area contributed by atoms with Crippen LogP contribution in [-0.4, -0.2) is 36.2 Å². The van der Waals surface area contributed by atoms with Crippen molar-refractivity contribution in [1.82, 2.24) is 9.88 Å². The van der Waals surface area contributed by atoms with Crippen molar-refractivity contribution in [3.63, 3.8) is 0 Å². The molecule has 1 aromatic heterocycles. The van der Waals surface area contributed by atoms with Crippen LogP contribution in [0.1, 0.15) is 17.2 Å². The quantitative estimate of drug-likeness (QED) is 0.532. The van der Waals surface area contributed by atoms with Crippen molar-refractivity contribution >= 4 is 10.9 Å². The molecule has 3 aromatic carbocycles. The Hall–Kier alpha value is -2.88. The average molecular weight is 368 g/mol. The largest absolute Gasteiger partial charge is 0.379 e. The molecule has 0 bridgehead atoms. The van der Waals surface area contributed by atoms with E-state index in [0.717, 1.165) is 26.3 Å². The third-order valence-corrected chi connectivity index (χ3v) is 5.61. The van der Waals surface area contributed by atoms with Gasteiger partial charge in [0.2, 0.25) is 0 Å². The van der Waals surface area contributed by atoms with Crippen molar-refractivity contribution in [3.05, 3.63) is 96.1 Å². The van der Waals surface area contributed by atoms with Gasteiger partial charge in [-0.25, -0.2) is 0 Å². The van der Waals surface area contributed by atoms with Crippen molar-refractivity contribution < 1.29 is 4.74 Å². The third kappa shape index (κ3) is 3.13. The molecule has 1 fully saturated rings. The van der Waals surface area contributed by atoms with Crippen molar-refractivity contribution in [2.75, 3.05) is 26.3 Å². The molecular weight excluding hydrogens is 344 g/mol. The first kappa shape index (κ1) is 17.2. The van der Waals surface area contributed by atoms with E-state index in [4.69, 9.17) is 4.74 Å². The molecule has 2 heterocycles. The van der Waals surface area contributed by atoms with Crippen molar-refractivity contribution in [3.8, 4) is 11.3 Å². The maximum absolute atomic E-state index is 5.66. The van der Waals surface area contributed by atoms with Gasteiger partial charge in [-0.05, 0) is 17.2 Å². The minimum absolute atomic E-state index is 0.191. The number of hydrogen-bond donors (Lipinski definition) is 1. The molecule has 1 aliphatic rings. The van der Waals surface area contributed by atoms with E-state index in [1.54, 1.807) is 0 Å². The Kier molecular flexibility index (Phi) is 4.69. The van der Waals surface area contributed by atoms with E-state index in [1.807, 2.05) is 0 Å². The number of fused-ring (bicyclic) bond motifs is 1. The second-order valence-electron chi connectivity index (χ2n) is 7.29. The fourth-order valence-corrected chi connectivity index (χ4v) is 4.31. The normalized spacial score (nSPS) is 16.3. The molecule has 4 aromatic rings. The van der Waals surface area contributed by atoms with Crippen LogP contribution in [0.3, 0.4) is 0 Å². The van der Waals surface area contributed by atoms with Gasteiger partial charge in [0.1, 0.15) is 0 Å². The number of morpholine rings is 1. The molecule has 5 rings (SSSR count). The zero-order valence-corrected chi connectivity index (χ0v) is 15.8. The number of benzene rings is 3. The lowest BCUT2D eigenvalue weighted by atomic mass is 9.92. The second-order valence-corrected chi connectivity index (χ2v) is 7.29. The van der Waals surface area contributed by atoms with Crippen molar-refractivity contribution in [2.45, 2.75) is 6.04 Å². The maximum Gasteiger partial charge on any atom is 0.0630 e. The number of nitrogens with one attached hydrogen (secondary N) is 1. The number of ether oxygens (including phenoxy) is 1. The van der Waals surface area contributed by atoms with Gasteiger partial charge in [0.15, 0.2) is 0 Å². The van der Waals surface area contributed by atoms with Crippen molar-refractivity contribution in [2.24, 2.45) is 0 Å². The van der Waals surface area contributed by atoms with Crippen LogP contribution in [0.2, 0.25) is 0 Å². The van der Waals surface area contributed by atoms with E-state index < -0.39 is 0 Å². The Morgan fingerprint density at radius 2 is 1.39 bits per heavy atom. The van der Waals surface area contributed by atoms with Crippen LogP contribution in [0.5, 0.6) is 0 Å². The molecule has 0 amide bonds. The highest BCUT2D eigenvalue weighted by Crippen LogP contribution is 2.40. The number of nitrogens with zero attached hydrogens (tertiary/aromatic N) is 1. The smallest absolute Gasteiger partial charge is 0.0630 e. The van der Waals surface area contributed by atoms with E-state index in [2.05, 4.69) is 94.8 Å². The van der Waals surface area contributed by atoms with Gasteiger partial charge in [0, 0.05) is 29.6 Å². The maximum atomic E-state index is 5.66. The molecule has 3 heteroatoms. The topological polar surface area (TPSA) is 28.3 Å². The Morgan fingerprint density at radius 3 is 2.14 bits per heavy atom. The van der Waals surface area contributed by atoms with Crippen LogP contribution in [0.15, 0.2) is 84.9 Å². The van der Waals surface area contributed by atoms with E-state index in [-0.39, 0.29) is 6.04 Å². The van der Waals surface area contributed by atoms with Gasteiger partial charge in [-0.2, -0.15) is 0 Å². The number of hydrogen-bond acceptors (Lipinski definition) is 2. The molecule has 1 atom stereocenters. The average Bonchev–Trinajstić information content (AvgIpc) is 3.16. The molecule has 1 aliphatic heterocycles. The molecule has 1 saturated heterocycles. The number of rotatable bonds is 4. The van der Waals surface area contributed by atoms with Gasteiger partial charge in [-0.1, -0.05) is 78.9 Å². The molecule has 0 aliphatic carbocycles. The summed E-state index contributed by atoms with van der Waals surface area (Å²) in [5, 5.41) is 1.29. The molecule has 3 nitrogen and oxygen atoms in total. The number of H-pyrrole nitrogens is 1. The molecule has 0 spiro atoms. The predicted octanol–water partition coefficient (Wildman–Crippen LogP) is 5.26. The van der Waals surface area contributed by atoms with Crippen LogP contribution in [-0.2, 0) is 4.74 Å². The van der Waals surface area contributed by atoms with Gasteiger partial charge in [-0.15, -0.1) is 0 Å². The molecule has 1 unspecified atom stereocenters. The summed E-state index contributed by atoms with van der Waals surface area (Å²) in [6.45, 7) is 3.44. The van der Waals surface area contributed by atoms with E-state index >= 15 is 0 Å². The van der Waals surface area contributed by atoms with Gasteiger partial charge >= 0.3 is 0 Å². The summed E-state index contributed by atoms with van der Waals surface area (Å²) in [6, 6.07) is 30.4. The van der Waals surface area contributed by atoms with E-state index in [1.165, 1.54) is 33.3 Å². The van der Waals surface area contributed by atoms with Crippen LogP contribution in [0, 0.1) is 0 Å². The molecule has 0 radical (unpaired) electrons. The van der Waals surface area contributed by atoms with E-state index in [0.29, 0.717) is 0 Å². The zero-order chi connectivity index (χ0) is 18.8.